The lowest BCUT2D eigenvalue weighted by Crippen LogP contribution is -2.37. The van der Waals surface area contributed by atoms with Gasteiger partial charge >= 0.3 is 0 Å². The molecule has 0 saturated carbocycles. The molecule has 0 spiro atoms. The van der Waals surface area contributed by atoms with E-state index >= 15 is 0 Å². The average molecular weight is 459 g/mol. The second-order valence-electron chi connectivity index (χ2n) is 8.94. The zero-order valence-electron chi connectivity index (χ0n) is 17.9. The van der Waals surface area contributed by atoms with Crippen molar-refractivity contribution >= 4 is 34.3 Å². The zero-order chi connectivity index (χ0) is 22.3. The Morgan fingerprint density at radius 3 is 3.00 bits per heavy atom. The Kier molecular flexibility index (Phi) is 5.60. The third-order valence-electron chi connectivity index (χ3n) is 6.60. The molecule has 4 heterocycles. The van der Waals surface area contributed by atoms with Crippen molar-refractivity contribution in [3.8, 4) is 0 Å². The number of benzene rings is 1. The van der Waals surface area contributed by atoms with Gasteiger partial charge in [0, 0.05) is 24.2 Å². The van der Waals surface area contributed by atoms with Gasteiger partial charge in [0.1, 0.15) is 16.5 Å². The van der Waals surface area contributed by atoms with Crippen molar-refractivity contribution in [1.29, 1.82) is 0 Å². The normalized spacial score (nSPS) is 24.7. The van der Waals surface area contributed by atoms with Crippen molar-refractivity contribution < 1.29 is 14.3 Å². The van der Waals surface area contributed by atoms with Gasteiger partial charge in [0.2, 0.25) is 0 Å². The maximum Gasteiger partial charge on any atom is 0.280 e. The molecule has 0 aliphatic carbocycles. The minimum atomic E-state index is -0.608. The lowest BCUT2D eigenvalue weighted by atomic mass is 9.85. The molecule has 1 amide bonds. The van der Waals surface area contributed by atoms with Crippen LogP contribution in [0, 0.1) is 11.7 Å². The lowest BCUT2D eigenvalue weighted by molar-refractivity contribution is 0.0943. The van der Waals surface area contributed by atoms with Crippen LogP contribution in [0.1, 0.15) is 47.0 Å². The van der Waals surface area contributed by atoms with E-state index in [0.29, 0.717) is 29.7 Å². The number of fused-ring (bicyclic) bond motifs is 2. The van der Waals surface area contributed by atoms with Gasteiger partial charge in [-0.25, -0.2) is 14.4 Å². The van der Waals surface area contributed by atoms with Gasteiger partial charge in [-0.1, -0.05) is 18.3 Å². The molecule has 170 valence electrons. The second-order valence-corrected chi connectivity index (χ2v) is 9.94. The number of hydrogen-bond donors (Lipinski definition) is 4. The highest BCUT2D eigenvalue weighted by atomic mass is 32.1. The van der Waals surface area contributed by atoms with Crippen molar-refractivity contribution in [2.75, 3.05) is 43.0 Å². The molecular weight excluding hydrogens is 431 g/mol. The largest absolute Gasteiger partial charge is 0.395 e. The Morgan fingerprint density at radius 2 is 2.22 bits per heavy atom. The minimum Gasteiger partial charge on any atom is -0.395 e. The first-order valence-corrected chi connectivity index (χ1v) is 11.8. The van der Waals surface area contributed by atoms with Crippen LogP contribution in [0.15, 0.2) is 23.2 Å². The number of aromatic nitrogens is 1. The van der Waals surface area contributed by atoms with Crippen molar-refractivity contribution in [2.45, 2.75) is 31.3 Å². The van der Waals surface area contributed by atoms with Crippen molar-refractivity contribution in [2.24, 2.45) is 10.9 Å². The number of aliphatic imine (C=N–C) groups is 1. The molecule has 0 radical (unpaired) electrons. The van der Waals surface area contributed by atoms with Gasteiger partial charge in [-0.15, -0.1) is 0 Å². The van der Waals surface area contributed by atoms with Crippen LogP contribution in [0.4, 0.5) is 15.1 Å². The van der Waals surface area contributed by atoms with E-state index in [9.17, 15) is 14.3 Å². The lowest BCUT2D eigenvalue weighted by Gasteiger charge is -2.30. The van der Waals surface area contributed by atoms with Gasteiger partial charge < -0.3 is 26.0 Å². The molecule has 1 saturated heterocycles. The molecule has 4 N–H and O–H groups in total. The van der Waals surface area contributed by atoms with E-state index in [4.69, 9.17) is 0 Å². The molecule has 1 aromatic heterocycles. The third kappa shape index (κ3) is 3.76. The van der Waals surface area contributed by atoms with E-state index < -0.39 is 11.6 Å². The highest BCUT2D eigenvalue weighted by Crippen LogP contribution is 2.47. The predicted molar refractivity (Wildman–Crippen MR) is 123 cm³/mol. The first-order valence-electron chi connectivity index (χ1n) is 10.9. The molecule has 10 heteroatoms. The van der Waals surface area contributed by atoms with Gasteiger partial charge in [0.05, 0.1) is 12.9 Å². The maximum absolute atomic E-state index is 14.0. The number of aliphatic hydroxyl groups excluding tert-OH is 1. The molecule has 1 aromatic carbocycles. The van der Waals surface area contributed by atoms with E-state index in [-0.39, 0.29) is 18.3 Å². The van der Waals surface area contributed by atoms with Crippen LogP contribution >= 0.6 is 11.3 Å². The van der Waals surface area contributed by atoms with E-state index in [1.54, 1.807) is 12.4 Å². The highest BCUT2D eigenvalue weighted by molar-refractivity contribution is 7.17. The van der Waals surface area contributed by atoms with Crippen LogP contribution in [-0.2, 0) is 5.41 Å². The van der Waals surface area contributed by atoms with Crippen molar-refractivity contribution in [3.05, 3.63) is 40.3 Å². The molecule has 3 aliphatic heterocycles. The van der Waals surface area contributed by atoms with E-state index in [1.165, 1.54) is 23.5 Å². The Balaban J connectivity index is 1.38. The molecule has 2 unspecified atom stereocenters. The summed E-state index contributed by atoms with van der Waals surface area (Å²) in [7, 11) is 0. The fourth-order valence-corrected chi connectivity index (χ4v) is 5.58. The summed E-state index contributed by atoms with van der Waals surface area (Å²) in [5.41, 5.74) is 1.64. The Labute approximate surface area is 190 Å². The molecule has 1 fully saturated rings. The summed E-state index contributed by atoms with van der Waals surface area (Å²) in [4.78, 5) is 24.0. The summed E-state index contributed by atoms with van der Waals surface area (Å²) in [6.07, 6.45) is 3.28. The maximum atomic E-state index is 14.0. The van der Waals surface area contributed by atoms with Crippen LogP contribution < -0.4 is 20.9 Å². The van der Waals surface area contributed by atoms with Crippen molar-refractivity contribution in [1.82, 2.24) is 15.6 Å². The number of amides is 1. The van der Waals surface area contributed by atoms with Crippen LogP contribution in [0.2, 0.25) is 0 Å². The van der Waals surface area contributed by atoms with Gasteiger partial charge in [0.15, 0.2) is 11.2 Å². The quantitative estimate of drug-likeness (QED) is 0.548. The first-order chi connectivity index (χ1) is 15.5. The molecular formula is C22H27FN6O2S. The number of nitrogens with zero attached hydrogens (tertiary/aromatic N) is 3. The Hall–Kier alpha value is -2.56. The average Bonchev–Trinajstić information content (AvgIpc) is 3.38. The van der Waals surface area contributed by atoms with Crippen LogP contribution in [-0.4, -0.2) is 55.1 Å². The Bertz CT molecular complexity index is 1050. The molecule has 5 rings (SSSR count). The summed E-state index contributed by atoms with van der Waals surface area (Å²) in [6, 6.07) is 4.63. The molecule has 8 nitrogen and oxygen atoms in total. The number of hydrogen-bond acceptors (Lipinski definition) is 8. The predicted octanol–water partition coefficient (Wildman–Crippen LogP) is 2.23. The fourth-order valence-electron chi connectivity index (χ4n) is 4.71. The molecule has 32 heavy (non-hydrogen) atoms. The summed E-state index contributed by atoms with van der Waals surface area (Å²) in [5.74, 6) is -0.0182. The molecule has 2 aromatic rings. The monoisotopic (exact) mass is 458 g/mol. The number of rotatable bonds is 5. The number of halogens is 1. The molecule has 0 bridgehead atoms. The minimum absolute atomic E-state index is 0.108. The summed E-state index contributed by atoms with van der Waals surface area (Å²) < 4.78 is 14.0. The van der Waals surface area contributed by atoms with Gasteiger partial charge in [-0.2, -0.15) is 0 Å². The van der Waals surface area contributed by atoms with Gasteiger partial charge in [-0.05, 0) is 55.6 Å². The van der Waals surface area contributed by atoms with Crippen LogP contribution in [0.3, 0.4) is 0 Å². The smallest absolute Gasteiger partial charge is 0.280 e. The van der Waals surface area contributed by atoms with Crippen molar-refractivity contribution in [3.63, 3.8) is 0 Å². The Morgan fingerprint density at radius 1 is 1.41 bits per heavy atom. The van der Waals surface area contributed by atoms with E-state index in [1.807, 2.05) is 11.8 Å². The second kappa shape index (κ2) is 8.42. The van der Waals surface area contributed by atoms with E-state index in [0.717, 1.165) is 42.2 Å². The van der Waals surface area contributed by atoms with Gasteiger partial charge in [0.25, 0.3) is 5.91 Å². The highest BCUT2D eigenvalue weighted by Gasteiger charge is 2.43. The molecule has 2 atom stereocenters. The summed E-state index contributed by atoms with van der Waals surface area (Å²) in [6.45, 7) is 4.91. The number of anilines is 2. The summed E-state index contributed by atoms with van der Waals surface area (Å²) in [5, 5.41) is 20.7. The van der Waals surface area contributed by atoms with E-state index in [2.05, 4.69) is 25.9 Å². The fraction of sp³-hybridized carbons (Fsp3) is 0.500. The standard InChI is InChI=1S/C22H27FN6O2S/c1-22(11-30)10-29(16-3-2-14(23)8-15(16)22)18-17-20(27-12-26-18)32-21(28-17)19(31)25-9-13-4-6-24-7-5-13/h2-3,8,12-13,18,24,30H,4-7,9-11H2,1H3,(H,25,31)(H,26,27). The topological polar surface area (TPSA) is 102 Å². The molecule has 3 aliphatic rings. The number of carbonyl (C=O) groups excluding carboxylic acids is 1. The number of thiazole rings is 1. The van der Waals surface area contributed by atoms with Gasteiger partial charge in [-0.3, -0.25) is 4.79 Å². The number of nitrogens with one attached hydrogen (secondary N) is 3. The third-order valence-corrected chi connectivity index (χ3v) is 7.60. The van der Waals surface area contributed by atoms with Crippen LogP contribution in [0.5, 0.6) is 0 Å². The summed E-state index contributed by atoms with van der Waals surface area (Å²) >= 11 is 1.31. The number of carbonyl (C=O) groups is 1. The SMILES string of the molecule is CC1(CO)CN(C2N=CNc3sc(C(=O)NCC4CCNCC4)nc32)c2ccc(F)cc21. The number of aliphatic hydroxyl groups is 1. The first kappa shape index (κ1) is 21.3. The van der Waals surface area contributed by atoms with Crippen LogP contribution in [0.25, 0.3) is 0 Å². The number of piperidine rings is 1. The zero-order valence-corrected chi connectivity index (χ0v) is 18.7.